The van der Waals surface area contributed by atoms with Crippen LogP contribution < -0.4 is 0 Å². The number of carbonyl (C=O) groups is 1. The van der Waals surface area contributed by atoms with Crippen LogP contribution in [0.4, 0.5) is 0 Å². The topological polar surface area (TPSA) is 30.0 Å². The van der Waals surface area contributed by atoms with Gasteiger partial charge in [0.15, 0.2) is 0 Å². The van der Waals surface area contributed by atoms with Crippen molar-refractivity contribution in [1.82, 2.24) is 4.98 Å². The van der Waals surface area contributed by atoms with Gasteiger partial charge in [-0.1, -0.05) is 29.3 Å². The number of benzene rings is 1. The van der Waals surface area contributed by atoms with E-state index in [4.69, 9.17) is 23.2 Å². The van der Waals surface area contributed by atoms with Crippen LogP contribution in [0.3, 0.4) is 0 Å². The molecule has 15 heavy (non-hydrogen) atoms. The molecule has 0 bridgehead atoms. The Kier molecular flexibility index (Phi) is 3.05. The molecule has 0 amide bonds. The zero-order valence-electron chi connectivity index (χ0n) is 7.41. The summed E-state index contributed by atoms with van der Waals surface area (Å²) in [5.74, 6) is -0.148. The molecule has 0 saturated carbocycles. The highest BCUT2D eigenvalue weighted by molar-refractivity contribution is 7.12. The molecule has 0 spiro atoms. The van der Waals surface area contributed by atoms with E-state index in [-0.39, 0.29) is 10.8 Å². The van der Waals surface area contributed by atoms with Gasteiger partial charge in [-0.2, -0.15) is 0 Å². The number of hydrogen-bond acceptors (Lipinski definition) is 3. The van der Waals surface area contributed by atoms with Crippen LogP contribution >= 0.6 is 34.5 Å². The monoisotopic (exact) mass is 257 g/mol. The Hall–Kier alpha value is -0.900. The van der Waals surface area contributed by atoms with Gasteiger partial charge in [-0.3, -0.25) is 9.78 Å². The molecule has 0 aliphatic carbocycles. The van der Waals surface area contributed by atoms with Gasteiger partial charge in [0, 0.05) is 11.8 Å². The molecule has 0 aliphatic heterocycles. The van der Waals surface area contributed by atoms with E-state index < -0.39 is 0 Å². The summed E-state index contributed by atoms with van der Waals surface area (Å²) >= 11 is 13.0. The van der Waals surface area contributed by atoms with E-state index in [1.54, 1.807) is 23.7 Å². The van der Waals surface area contributed by atoms with Gasteiger partial charge in [0.05, 0.1) is 20.4 Å². The highest BCUT2D eigenvalue weighted by atomic mass is 35.5. The van der Waals surface area contributed by atoms with Gasteiger partial charge in [0.2, 0.25) is 5.78 Å². The van der Waals surface area contributed by atoms with Crippen LogP contribution in [0.1, 0.15) is 15.2 Å². The minimum absolute atomic E-state index is 0.148. The number of nitrogens with zero attached hydrogens (tertiary/aromatic N) is 1. The van der Waals surface area contributed by atoms with Crippen molar-refractivity contribution in [1.29, 1.82) is 0 Å². The van der Waals surface area contributed by atoms with E-state index in [1.165, 1.54) is 17.5 Å². The summed E-state index contributed by atoms with van der Waals surface area (Å²) < 4.78 is 0. The van der Waals surface area contributed by atoms with E-state index in [2.05, 4.69) is 4.98 Å². The maximum absolute atomic E-state index is 11.9. The van der Waals surface area contributed by atoms with Gasteiger partial charge < -0.3 is 0 Å². The number of ketones is 1. The number of aromatic nitrogens is 1. The Bertz CT molecular complexity index is 496. The summed E-state index contributed by atoms with van der Waals surface area (Å²) in [6, 6.07) is 4.99. The Balaban J connectivity index is 2.47. The largest absolute Gasteiger partial charge is 0.288 e. The van der Waals surface area contributed by atoms with E-state index in [1.807, 2.05) is 0 Å². The zero-order valence-corrected chi connectivity index (χ0v) is 9.73. The Morgan fingerprint density at radius 2 is 2.13 bits per heavy atom. The smallest absolute Gasteiger partial charge is 0.206 e. The van der Waals surface area contributed by atoms with Crippen LogP contribution in [0.25, 0.3) is 0 Å². The van der Waals surface area contributed by atoms with Gasteiger partial charge in [0.25, 0.3) is 0 Å². The van der Waals surface area contributed by atoms with Gasteiger partial charge >= 0.3 is 0 Å². The molecule has 0 atom stereocenters. The predicted molar refractivity (Wildman–Crippen MR) is 62.0 cm³/mol. The lowest BCUT2D eigenvalue weighted by atomic mass is 10.1. The van der Waals surface area contributed by atoms with Gasteiger partial charge in [-0.25, -0.2) is 0 Å². The van der Waals surface area contributed by atoms with Crippen LogP contribution in [-0.2, 0) is 0 Å². The van der Waals surface area contributed by atoms with E-state index >= 15 is 0 Å². The molecule has 2 nitrogen and oxygen atoms in total. The molecule has 0 unspecified atom stereocenters. The Morgan fingerprint density at radius 1 is 1.33 bits per heavy atom. The van der Waals surface area contributed by atoms with Crippen molar-refractivity contribution in [3.8, 4) is 0 Å². The fraction of sp³-hybridized carbons (Fsp3) is 0. The van der Waals surface area contributed by atoms with Crippen LogP contribution in [0.15, 0.2) is 29.9 Å². The van der Waals surface area contributed by atoms with Crippen LogP contribution in [0, 0.1) is 0 Å². The first-order valence-electron chi connectivity index (χ1n) is 4.07. The molecule has 2 rings (SSSR count). The van der Waals surface area contributed by atoms with Crippen molar-refractivity contribution in [2.24, 2.45) is 0 Å². The predicted octanol–water partition coefficient (Wildman–Crippen LogP) is 3.68. The Morgan fingerprint density at radius 3 is 2.80 bits per heavy atom. The molecular formula is C10H5Cl2NOS. The summed E-state index contributed by atoms with van der Waals surface area (Å²) in [5, 5.41) is 0.671. The van der Waals surface area contributed by atoms with E-state index in [0.717, 1.165) is 0 Å². The highest BCUT2D eigenvalue weighted by Crippen LogP contribution is 2.27. The molecule has 2 aromatic rings. The van der Waals surface area contributed by atoms with Crippen LogP contribution in [0.2, 0.25) is 10.0 Å². The number of hydrogen-bond donors (Lipinski definition) is 0. The molecule has 1 aromatic carbocycles. The Labute approximate surface area is 100 Å². The minimum atomic E-state index is -0.148. The molecular weight excluding hydrogens is 253 g/mol. The fourth-order valence-corrected chi connectivity index (χ4v) is 2.10. The summed E-state index contributed by atoms with van der Waals surface area (Å²) in [6.45, 7) is 0. The maximum Gasteiger partial charge on any atom is 0.206 e. The number of thiazole rings is 1. The van der Waals surface area contributed by atoms with Crippen LogP contribution in [0.5, 0.6) is 0 Å². The first-order valence-corrected chi connectivity index (χ1v) is 5.71. The SMILES string of the molecule is O=C(c1cncs1)c1cccc(Cl)c1Cl. The standard InChI is InChI=1S/C10H5Cl2NOS/c11-7-3-1-2-6(9(7)12)10(14)8-4-13-5-15-8/h1-5H. The van der Waals surface area contributed by atoms with Crippen molar-refractivity contribution in [3.05, 3.63) is 50.4 Å². The van der Waals surface area contributed by atoms with Gasteiger partial charge in [-0.15, -0.1) is 11.3 Å². The molecule has 1 heterocycles. The van der Waals surface area contributed by atoms with Crippen molar-refractivity contribution in [3.63, 3.8) is 0 Å². The summed E-state index contributed by atoms with van der Waals surface area (Å²) in [4.78, 5) is 16.3. The quantitative estimate of drug-likeness (QED) is 0.769. The molecule has 0 N–H and O–H groups in total. The molecule has 76 valence electrons. The average molecular weight is 258 g/mol. The molecule has 0 radical (unpaired) electrons. The molecule has 5 heteroatoms. The second-order valence-corrected chi connectivity index (χ2v) is 4.47. The van der Waals surface area contributed by atoms with Gasteiger partial charge in [0.1, 0.15) is 0 Å². The molecule has 0 aliphatic rings. The lowest BCUT2D eigenvalue weighted by Gasteiger charge is -2.02. The van der Waals surface area contributed by atoms with Crippen LogP contribution in [-0.4, -0.2) is 10.8 Å². The molecule has 1 aromatic heterocycles. The lowest BCUT2D eigenvalue weighted by Crippen LogP contribution is -1.99. The van der Waals surface area contributed by atoms with Crippen molar-refractivity contribution in [2.45, 2.75) is 0 Å². The van der Waals surface area contributed by atoms with E-state index in [0.29, 0.717) is 15.5 Å². The first kappa shape index (κ1) is 10.6. The number of carbonyl (C=O) groups excluding carboxylic acids is 1. The summed E-state index contributed by atoms with van der Waals surface area (Å²) in [6.07, 6.45) is 1.52. The number of rotatable bonds is 2. The normalized spacial score (nSPS) is 10.3. The first-order chi connectivity index (χ1) is 7.20. The average Bonchev–Trinajstić information content (AvgIpc) is 2.74. The third-order valence-electron chi connectivity index (χ3n) is 1.85. The molecule has 0 saturated heterocycles. The maximum atomic E-state index is 11.9. The number of halogens is 2. The third kappa shape index (κ3) is 2.04. The van der Waals surface area contributed by atoms with Gasteiger partial charge in [-0.05, 0) is 12.1 Å². The summed E-state index contributed by atoms with van der Waals surface area (Å²) in [7, 11) is 0. The highest BCUT2D eigenvalue weighted by Gasteiger charge is 2.15. The second-order valence-electron chi connectivity index (χ2n) is 2.80. The second kappa shape index (κ2) is 4.31. The summed E-state index contributed by atoms with van der Waals surface area (Å²) in [5.41, 5.74) is 2.01. The zero-order chi connectivity index (χ0) is 10.8. The van der Waals surface area contributed by atoms with Crippen molar-refractivity contribution >= 4 is 40.3 Å². The third-order valence-corrected chi connectivity index (χ3v) is 3.44. The van der Waals surface area contributed by atoms with Crippen molar-refractivity contribution < 1.29 is 4.79 Å². The van der Waals surface area contributed by atoms with Crippen molar-refractivity contribution in [2.75, 3.05) is 0 Å². The molecule has 0 fully saturated rings. The lowest BCUT2D eigenvalue weighted by molar-refractivity contribution is 0.104. The van der Waals surface area contributed by atoms with E-state index in [9.17, 15) is 4.79 Å². The fourth-order valence-electron chi connectivity index (χ4n) is 1.14. The minimum Gasteiger partial charge on any atom is -0.288 e.